The van der Waals surface area contributed by atoms with Crippen LogP contribution in [0.4, 0.5) is 0 Å². The highest BCUT2D eigenvalue weighted by Gasteiger charge is 1.94. The molecule has 0 aliphatic carbocycles. The smallest absolute Gasteiger partial charge is 0.138 e. The molecule has 1 N–H and O–H groups in total. The molecule has 0 amide bonds. The molecule has 1 aliphatic rings. The maximum Gasteiger partial charge on any atom is 0.138 e. The molecule has 1 nitrogen and oxygen atoms in total. The van der Waals surface area contributed by atoms with E-state index in [1.165, 1.54) is 0 Å². The summed E-state index contributed by atoms with van der Waals surface area (Å²) in [5.74, 6) is 1.02. The molecule has 1 aliphatic heterocycles. The molecule has 0 bridgehead atoms. The molecule has 0 saturated carbocycles. The summed E-state index contributed by atoms with van der Waals surface area (Å²) in [5.41, 5.74) is 0. The van der Waals surface area contributed by atoms with E-state index in [9.17, 15) is 0 Å². The van der Waals surface area contributed by atoms with Crippen LogP contribution < -0.4 is 5.32 Å². The zero-order chi connectivity index (χ0) is 5.11. The molecule has 0 atom stereocenters. The highest BCUT2D eigenvalue weighted by atomic mass is 32.2. The van der Waals surface area contributed by atoms with Gasteiger partial charge in [0.25, 0.3) is 0 Å². The number of thiocarbonyl (C=S) groups is 1. The normalized spacial score (nSPS) is 19.1. The summed E-state index contributed by atoms with van der Waals surface area (Å²) in [6.45, 7) is 0. The van der Waals surface area contributed by atoms with Gasteiger partial charge >= 0.3 is 0 Å². The van der Waals surface area contributed by atoms with E-state index >= 15 is 0 Å². The van der Waals surface area contributed by atoms with Crippen LogP contribution in [0.25, 0.3) is 0 Å². The van der Waals surface area contributed by atoms with Crippen LogP contribution in [0.3, 0.4) is 0 Å². The predicted molar refractivity (Wildman–Crippen MR) is 37.3 cm³/mol. The van der Waals surface area contributed by atoms with Crippen molar-refractivity contribution in [3.63, 3.8) is 0 Å². The quantitative estimate of drug-likeness (QED) is 0.495. The van der Waals surface area contributed by atoms with E-state index in [4.69, 9.17) is 12.2 Å². The first-order chi connectivity index (χ1) is 3.39. The Morgan fingerprint density at radius 3 is 3.00 bits per heavy atom. The first-order valence-electron chi connectivity index (χ1n) is 1.98. The van der Waals surface area contributed by atoms with E-state index in [0.29, 0.717) is 0 Å². The number of hydrogen-bond acceptors (Lipinski definition) is 2. The predicted octanol–water partition coefficient (Wildman–Crippen LogP) is 1.12. The summed E-state index contributed by atoms with van der Waals surface area (Å²) in [5, 5.41) is 2.90. The topological polar surface area (TPSA) is 12.0 Å². The van der Waals surface area contributed by atoms with Crippen molar-refractivity contribution in [2.75, 3.05) is 5.75 Å². The lowest BCUT2D eigenvalue weighted by molar-refractivity contribution is 1.32. The molecule has 3 heteroatoms. The molecule has 0 radical (unpaired) electrons. The first-order valence-corrected chi connectivity index (χ1v) is 3.37. The second-order valence-electron chi connectivity index (χ2n) is 1.15. The van der Waals surface area contributed by atoms with Crippen molar-refractivity contribution in [2.24, 2.45) is 0 Å². The van der Waals surface area contributed by atoms with Crippen LogP contribution in [0.1, 0.15) is 0 Å². The minimum absolute atomic E-state index is 0.877. The van der Waals surface area contributed by atoms with Gasteiger partial charge in [-0.15, -0.1) is 0 Å². The van der Waals surface area contributed by atoms with Crippen LogP contribution in [0.15, 0.2) is 12.3 Å². The second kappa shape index (κ2) is 2.33. The highest BCUT2D eigenvalue weighted by molar-refractivity contribution is 8.23. The average Bonchev–Trinajstić information content (AvgIpc) is 1.69. The van der Waals surface area contributed by atoms with Gasteiger partial charge < -0.3 is 5.32 Å². The van der Waals surface area contributed by atoms with Crippen LogP contribution >= 0.6 is 24.0 Å². The molecular weight excluding hydrogens is 126 g/mol. The molecule has 0 spiro atoms. The SMILES string of the molecule is S=C1NC=CCS1. The van der Waals surface area contributed by atoms with Crippen LogP contribution in [0, 0.1) is 0 Å². The number of thioether (sulfide) groups is 1. The van der Waals surface area contributed by atoms with Crippen molar-refractivity contribution in [3.05, 3.63) is 12.3 Å². The zero-order valence-corrected chi connectivity index (χ0v) is 5.31. The summed E-state index contributed by atoms with van der Waals surface area (Å²) in [6, 6.07) is 0. The van der Waals surface area contributed by atoms with Crippen molar-refractivity contribution in [3.8, 4) is 0 Å². The fourth-order valence-corrected chi connectivity index (χ4v) is 1.11. The van der Waals surface area contributed by atoms with E-state index < -0.39 is 0 Å². The third-order valence-corrected chi connectivity index (χ3v) is 1.84. The maximum atomic E-state index is 4.81. The van der Waals surface area contributed by atoms with Crippen molar-refractivity contribution in [2.45, 2.75) is 0 Å². The molecule has 0 aromatic carbocycles. The Kier molecular flexibility index (Phi) is 1.70. The molecule has 0 saturated heterocycles. The maximum absolute atomic E-state index is 4.81. The minimum Gasteiger partial charge on any atom is -0.348 e. The summed E-state index contributed by atoms with van der Waals surface area (Å²) < 4.78 is 0.877. The lowest BCUT2D eigenvalue weighted by Crippen LogP contribution is -2.13. The molecule has 7 heavy (non-hydrogen) atoms. The summed E-state index contributed by atoms with van der Waals surface area (Å²) in [4.78, 5) is 0. The fraction of sp³-hybridized carbons (Fsp3) is 0.250. The molecular formula is C4H5NS2. The first kappa shape index (κ1) is 5.12. The molecule has 38 valence electrons. The van der Waals surface area contributed by atoms with Gasteiger partial charge in [-0.3, -0.25) is 0 Å². The molecule has 0 aromatic heterocycles. The van der Waals surface area contributed by atoms with Gasteiger partial charge in [-0.1, -0.05) is 30.1 Å². The van der Waals surface area contributed by atoms with Gasteiger partial charge in [-0.2, -0.15) is 0 Å². The lowest BCUT2D eigenvalue weighted by Gasteiger charge is -2.03. The van der Waals surface area contributed by atoms with Crippen LogP contribution in [-0.2, 0) is 0 Å². The number of nitrogens with one attached hydrogen (secondary N) is 1. The van der Waals surface area contributed by atoms with Gasteiger partial charge in [0, 0.05) is 5.75 Å². The monoisotopic (exact) mass is 131 g/mol. The molecule has 1 rings (SSSR count). The van der Waals surface area contributed by atoms with Gasteiger partial charge in [-0.25, -0.2) is 0 Å². The van der Waals surface area contributed by atoms with Gasteiger partial charge in [-0.05, 0) is 6.20 Å². The lowest BCUT2D eigenvalue weighted by atomic mass is 10.7. The van der Waals surface area contributed by atoms with E-state index in [0.717, 1.165) is 10.1 Å². The van der Waals surface area contributed by atoms with Gasteiger partial charge in [0.15, 0.2) is 0 Å². The Morgan fingerprint density at radius 1 is 1.86 bits per heavy atom. The Bertz CT molecular complexity index is 108. The standard InChI is InChI=1S/C4H5NS2/c6-4-5-2-1-3-7-4/h1-2H,3H2,(H,5,6). The Labute approximate surface area is 52.2 Å². The van der Waals surface area contributed by atoms with Crippen molar-refractivity contribution >= 4 is 28.3 Å². The van der Waals surface area contributed by atoms with Crippen LogP contribution in [-0.4, -0.2) is 10.1 Å². The summed E-state index contributed by atoms with van der Waals surface area (Å²) >= 11 is 6.46. The van der Waals surface area contributed by atoms with Crippen molar-refractivity contribution in [1.82, 2.24) is 5.32 Å². The van der Waals surface area contributed by atoms with Crippen LogP contribution in [0.2, 0.25) is 0 Å². The van der Waals surface area contributed by atoms with E-state index in [1.807, 2.05) is 12.3 Å². The molecule has 1 heterocycles. The van der Waals surface area contributed by atoms with Gasteiger partial charge in [0.1, 0.15) is 4.32 Å². The van der Waals surface area contributed by atoms with E-state index in [2.05, 4.69) is 5.32 Å². The fourth-order valence-electron chi connectivity index (χ4n) is 0.341. The Morgan fingerprint density at radius 2 is 2.71 bits per heavy atom. The summed E-state index contributed by atoms with van der Waals surface area (Å²) in [6.07, 6.45) is 3.92. The molecule has 0 unspecified atom stereocenters. The van der Waals surface area contributed by atoms with Gasteiger partial charge in [0.2, 0.25) is 0 Å². The third-order valence-electron chi connectivity index (χ3n) is 0.630. The number of rotatable bonds is 0. The van der Waals surface area contributed by atoms with E-state index in [1.54, 1.807) is 11.8 Å². The average molecular weight is 131 g/mol. The van der Waals surface area contributed by atoms with Crippen molar-refractivity contribution < 1.29 is 0 Å². The summed E-state index contributed by atoms with van der Waals surface area (Å²) in [7, 11) is 0. The number of hydrogen-bond donors (Lipinski definition) is 1. The molecule has 0 fully saturated rings. The third kappa shape index (κ3) is 1.49. The van der Waals surface area contributed by atoms with Gasteiger partial charge in [0.05, 0.1) is 0 Å². The van der Waals surface area contributed by atoms with Crippen molar-refractivity contribution in [1.29, 1.82) is 0 Å². The van der Waals surface area contributed by atoms with Crippen LogP contribution in [0.5, 0.6) is 0 Å². The minimum atomic E-state index is 0.877. The largest absolute Gasteiger partial charge is 0.348 e. The highest BCUT2D eigenvalue weighted by Crippen LogP contribution is 2.04. The molecule has 0 aromatic rings. The Hall–Kier alpha value is -0.0200. The second-order valence-corrected chi connectivity index (χ2v) is 2.84. The Balaban J connectivity index is 2.47. The van der Waals surface area contributed by atoms with E-state index in [-0.39, 0.29) is 0 Å². The zero-order valence-electron chi connectivity index (χ0n) is 3.68.